The molecule has 6 unspecified atom stereocenters. The van der Waals surface area contributed by atoms with Gasteiger partial charge in [0.2, 0.25) is 5.79 Å². The Bertz CT molecular complexity index is 2390. The second-order valence-electron chi connectivity index (χ2n) is 20.1. The second kappa shape index (κ2) is 27.0. The van der Waals surface area contributed by atoms with Crippen LogP contribution in [0, 0.1) is 31.6 Å². The third-order valence-corrected chi connectivity index (χ3v) is 15.2. The van der Waals surface area contributed by atoms with Crippen molar-refractivity contribution in [1.29, 1.82) is 0 Å². The molecule has 384 valence electrons. The number of ether oxygens (including phenoxy) is 4. The van der Waals surface area contributed by atoms with Crippen LogP contribution in [0.2, 0.25) is 0 Å². The maximum absolute atomic E-state index is 15.3. The minimum Gasteiger partial charge on any atom is -0.459 e. The zero-order valence-corrected chi connectivity index (χ0v) is 43.3. The Hall–Kier alpha value is -5.16. The number of aryl methyl sites for hydroxylation is 2. The molecule has 1 saturated carbocycles. The van der Waals surface area contributed by atoms with E-state index in [0.29, 0.717) is 37.6 Å². The van der Waals surface area contributed by atoms with E-state index in [1.807, 2.05) is 42.2 Å². The van der Waals surface area contributed by atoms with Crippen molar-refractivity contribution in [2.24, 2.45) is 22.9 Å². The molecule has 1 aliphatic heterocycles. The Morgan fingerprint density at radius 3 is 2.25 bits per heavy atom. The van der Waals surface area contributed by atoms with Gasteiger partial charge in [-0.15, -0.1) is 6.58 Å². The van der Waals surface area contributed by atoms with Crippen LogP contribution in [0.25, 0.3) is 10.8 Å². The lowest BCUT2D eigenvalue weighted by Crippen LogP contribution is -2.70. The Morgan fingerprint density at radius 2 is 1.52 bits per heavy atom. The van der Waals surface area contributed by atoms with Crippen molar-refractivity contribution in [2.45, 2.75) is 161 Å². The standard InChI is InChI=1S/C61H82N2O8/c1-6-9-10-11-12-13-14-15-16-23-38-67-60(66)63(43-48-28-24-27-46-25-17-18-29-51(46)48)57-42-55(62-69-8-3)53-40-47(26-19-21-35-64)52(30-20-22-36-65)58-54-41-50(70-49-32-31-44(4)45(5)39-49)33-34-56(54)71-61(57,59(53)58)68-37-7-2/h7,17-18,24-25,27-29,31-34,39-41,47,52,57-59,64-65H,2,6,8-16,19-23,26,30,35-38,42-43H2,1,3-5H3. The van der Waals surface area contributed by atoms with Gasteiger partial charge in [0.15, 0.2) is 0 Å². The number of benzene rings is 4. The number of hydrogen-bond acceptors (Lipinski definition) is 9. The molecule has 0 spiro atoms. The molecule has 0 aromatic heterocycles. The third-order valence-electron chi connectivity index (χ3n) is 15.2. The average Bonchev–Trinajstić information content (AvgIpc) is 3.38. The number of carbonyl (C=O) groups excluding carboxylic acids is 1. The van der Waals surface area contributed by atoms with Crippen molar-refractivity contribution in [1.82, 2.24) is 4.90 Å². The average molecular weight is 971 g/mol. The van der Waals surface area contributed by atoms with Crippen LogP contribution in [0.15, 0.2) is 108 Å². The zero-order chi connectivity index (χ0) is 50.0. The van der Waals surface area contributed by atoms with Gasteiger partial charge in [0.05, 0.1) is 31.4 Å². The Balaban J connectivity index is 1.35. The van der Waals surface area contributed by atoms with Crippen molar-refractivity contribution in [2.75, 3.05) is 33.0 Å². The summed E-state index contributed by atoms with van der Waals surface area (Å²) in [7, 11) is 0. The van der Waals surface area contributed by atoms with E-state index in [1.165, 1.54) is 50.5 Å². The molecule has 0 bridgehead atoms. The van der Waals surface area contributed by atoms with Crippen molar-refractivity contribution >= 4 is 22.6 Å². The molecule has 7 rings (SSSR count). The quantitative estimate of drug-likeness (QED) is 0.0314. The molecule has 10 nitrogen and oxygen atoms in total. The third kappa shape index (κ3) is 13.3. The van der Waals surface area contributed by atoms with Gasteiger partial charge in [0, 0.05) is 31.1 Å². The summed E-state index contributed by atoms with van der Waals surface area (Å²) in [5, 5.41) is 27.2. The van der Waals surface area contributed by atoms with E-state index in [9.17, 15) is 10.2 Å². The summed E-state index contributed by atoms with van der Waals surface area (Å²) in [4.78, 5) is 23.1. The number of rotatable bonds is 29. The molecule has 6 atom stereocenters. The highest BCUT2D eigenvalue weighted by Crippen LogP contribution is 2.62. The lowest BCUT2D eigenvalue weighted by atomic mass is 9.55. The van der Waals surface area contributed by atoms with E-state index in [4.69, 9.17) is 28.9 Å². The highest BCUT2D eigenvalue weighted by Gasteiger charge is 2.65. The number of carbonyl (C=O) groups is 1. The Morgan fingerprint density at radius 1 is 0.817 bits per heavy atom. The van der Waals surface area contributed by atoms with Crippen molar-refractivity contribution in [3.63, 3.8) is 0 Å². The van der Waals surface area contributed by atoms with Crippen LogP contribution in [-0.4, -0.2) is 71.8 Å². The Kier molecular flexibility index (Phi) is 20.4. The fourth-order valence-corrected chi connectivity index (χ4v) is 11.5. The summed E-state index contributed by atoms with van der Waals surface area (Å²) in [5.41, 5.74) is 6.07. The number of aliphatic hydroxyl groups is 2. The molecule has 0 radical (unpaired) electrons. The molecular weight excluding hydrogens is 889 g/mol. The first-order valence-electron chi connectivity index (χ1n) is 27.1. The monoisotopic (exact) mass is 971 g/mol. The summed E-state index contributed by atoms with van der Waals surface area (Å²) >= 11 is 0. The molecule has 1 heterocycles. The van der Waals surface area contributed by atoms with Gasteiger partial charge in [-0.05, 0) is 128 Å². The van der Waals surface area contributed by atoms with Gasteiger partial charge < -0.3 is 34.0 Å². The van der Waals surface area contributed by atoms with Crippen LogP contribution in [0.1, 0.15) is 151 Å². The molecule has 10 heteroatoms. The van der Waals surface area contributed by atoms with Crippen LogP contribution in [0.5, 0.6) is 17.2 Å². The minimum atomic E-state index is -1.43. The van der Waals surface area contributed by atoms with Crippen molar-refractivity contribution in [3.8, 4) is 17.2 Å². The number of fused-ring (bicyclic) bond motifs is 3. The number of amides is 1. The van der Waals surface area contributed by atoms with Gasteiger partial charge in [-0.3, -0.25) is 4.90 Å². The fourth-order valence-electron chi connectivity index (χ4n) is 11.5. The van der Waals surface area contributed by atoms with Crippen LogP contribution in [-0.2, 0) is 20.9 Å². The summed E-state index contributed by atoms with van der Waals surface area (Å²) in [6.07, 6.45) is 20.5. The second-order valence-corrected chi connectivity index (χ2v) is 20.1. The number of hydrogen-bond donors (Lipinski definition) is 2. The van der Waals surface area contributed by atoms with Gasteiger partial charge in [0.25, 0.3) is 0 Å². The van der Waals surface area contributed by atoms with Gasteiger partial charge in [-0.1, -0.05) is 143 Å². The molecule has 71 heavy (non-hydrogen) atoms. The normalized spacial score (nSPS) is 21.7. The summed E-state index contributed by atoms with van der Waals surface area (Å²) in [6, 6.07) is 26.1. The number of allylic oxidation sites excluding steroid dienone is 1. The lowest BCUT2D eigenvalue weighted by Gasteiger charge is -2.59. The predicted molar refractivity (Wildman–Crippen MR) is 285 cm³/mol. The van der Waals surface area contributed by atoms with Crippen molar-refractivity contribution in [3.05, 3.63) is 125 Å². The lowest BCUT2D eigenvalue weighted by molar-refractivity contribution is -0.256. The van der Waals surface area contributed by atoms with E-state index in [-0.39, 0.29) is 50.5 Å². The van der Waals surface area contributed by atoms with Gasteiger partial charge in [0.1, 0.15) is 29.9 Å². The maximum atomic E-state index is 15.3. The highest BCUT2D eigenvalue weighted by molar-refractivity contribution is 6.03. The van der Waals surface area contributed by atoms with Crippen molar-refractivity contribution < 1.29 is 38.8 Å². The molecule has 4 aromatic carbocycles. The van der Waals surface area contributed by atoms with Crippen LogP contribution in [0.4, 0.5) is 4.79 Å². The Labute approximate surface area is 424 Å². The van der Waals surface area contributed by atoms with E-state index >= 15 is 4.79 Å². The number of nitrogens with zero attached hydrogens (tertiary/aromatic N) is 2. The van der Waals surface area contributed by atoms with Crippen LogP contribution >= 0.6 is 0 Å². The predicted octanol–water partition coefficient (Wildman–Crippen LogP) is 14.5. The summed E-state index contributed by atoms with van der Waals surface area (Å²) in [6.45, 7) is 13.8. The van der Waals surface area contributed by atoms with Gasteiger partial charge in [-0.2, -0.15) is 0 Å². The molecular formula is C61H82N2O8. The fraction of sp³-hybridized carbons (Fsp3) is 0.541. The molecule has 4 aromatic rings. The van der Waals surface area contributed by atoms with E-state index in [1.54, 1.807) is 6.08 Å². The molecule has 0 saturated heterocycles. The minimum absolute atomic E-state index is 0.0714. The molecule has 1 fully saturated rings. The summed E-state index contributed by atoms with van der Waals surface area (Å²) < 4.78 is 27.9. The van der Waals surface area contributed by atoms with Crippen LogP contribution < -0.4 is 9.47 Å². The molecule has 2 N–H and O–H groups in total. The number of unbranched alkanes of at least 4 members (excludes halogenated alkanes) is 11. The van der Waals surface area contributed by atoms with Crippen LogP contribution in [0.3, 0.4) is 0 Å². The molecule has 2 aliphatic carbocycles. The SMILES string of the molecule is C=CCOC12Oc3ccc(Oc4ccc(C)c(C)c4)cc3C3C(CCCCO)C(CCCCO)C=C(C(=NOCC)CC1N(Cc1cccc4ccccc14)C(=O)OCCCCCCCCCCCC)C32. The number of aliphatic hydroxyl groups excluding tert-OH is 2. The largest absolute Gasteiger partial charge is 0.459 e. The topological polar surface area (TPSA) is 119 Å². The molecule has 1 amide bonds. The first-order valence-corrected chi connectivity index (χ1v) is 27.1. The highest BCUT2D eigenvalue weighted by atomic mass is 16.7. The first-order chi connectivity index (χ1) is 34.8. The smallest absolute Gasteiger partial charge is 0.410 e. The maximum Gasteiger partial charge on any atom is 0.410 e. The van der Waals surface area contributed by atoms with E-state index in [2.05, 4.69) is 82.0 Å². The first kappa shape index (κ1) is 53.6. The van der Waals surface area contributed by atoms with E-state index in [0.717, 1.165) is 89.4 Å². The number of oxime groups is 1. The molecule has 3 aliphatic rings. The zero-order valence-electron chi connectivity index (χ0n) is 43.3. The summed E-state index contributed by atoms with van der Waals surface area (Å²) in [5.74, 6) is 0.218. The van der Waals surface area contributed by atoms with E-state index < -0.39 is 23.8 Å². The van der Waals surface area contributed by atoms with Gasteiger partial charge in [-0.25, -0.2) is 4.79 Å². The van der Waals surface area contributed by atoms with Gasteiger partial charge >= 0.3 is 6.09 Å².